The maximum Gasteiger partial charge on any atom is 0.226 e. The molecular weight excluding hydrogens is 465 g/mol. The Kier molecular flexibility index (Phi) is 7.06. The summed E-state index contributed by atoms with van der Waals surface area (Å²) in [5, 5.41) is 6.65. The molecule has 3 aromatic rings. The number of anilines is 1. The van der Waals surface area contributed by atoms with Crippen molar-refractivity contribution in [3.8, 4) is 0 Å². The highest BCUT2D eigenvalue weighted by molar-refractivity contribution is 7.80. The number of nitrogens with one attached hydrogen (secondary N) is 2. The quantitative estimate of drug-likeness (QED) is 0.459. The molecule has 4 heterocycles. The first-order valence-corrected chi connectivity index (χ1v) is 12.3. The molecule has 182 valence electrons. The minimum atomic E-state index is -0.459. The van der Waals surface area contributed by atoms with Gasteiger partial charge in [-0.2, -0.15) is 0 Å². The van der Waals surface area contributed by atoms with Gasteiger partial charge in [-0.05, 0) is 61.5 Å². The largest absolute Gasteiger partial charge is 0.376 e. The highest BCUT2D eigenvalue weighted by atomic mass is 32.1. The van der Waals surface area contributed by atoms with Crippen LogP contribution in [0.3, 0.4) is 0 Å². The Balaban J connectivity index is 1.38. The van der Waals surface area contributed by atoms with Crippen molar-refractivity contribution in [2.45, 2.75) is 44.0 Å². The lowest BCUT2D eigenvalue weighted by molar-refractivity contribution is -0.116. The van der Waals surface area contributed by atoms with Crippen LogP contribution in [0.4, 0.5) is 10.1 Å². The van der Waals surface area contributed by atoms with E-state index in [-0.39, 0.29) is 36.2 Å². The van der Waals surface area contributed by atoms with Gasteiger partial charge in [0.05, 0.1) is 29.6 Å². The SMILES string of the molecule is O=C(CCN1C(=S)N[C@@H](c2ccccn2)[C@@H]1c1cccn1C[C@@H]1CCCO1)Nc1ccccc1F. The van der Waals surface area contributed by atoms with Crippen LogP contribution in [0.2, 0.25) is 0 Å². The Hall–Kier alpha value is -3.30. The molecule has 2 saturated heterocycles. The van der Waals surface area contributed by atoms with E-state index in [2.05, 4.69) is 32.4 Å². The number of benzene rings is 1. The van der Waals surface area contributed by atoms with E-state index < -0.39 is 5.82 Å². The van der Waals surface area contributed by atoms with Crippen molar-refractivity contribution >= 4 is 28.9 Å². The second-order valence-corrected chi connectivity index (χ2v) is 9.21. The first-order chi connectivity index (χ1) is 17.1. The number of hydrogen-bond acceptors (Lipinski definition) is 4. The summed E-state index contributed by atoms with van der Waals surface area (Å²) in [5.74, 6) is -0.730. The number of rotatable bonds is 8. The molecule has 0 spiro atoms. The molecule has 2 N–H and O–H groups in total. The highest BCUT2D eigenvalue weighted by Gasteiger charge is 2.41. The number of amides is 1. The van der Waals surface area contributed by atoms with Crippen molar-refractivity contribution in [2.75, 3.05) is 18.5 Å². The van der Waals surface area contributed by atoms with E-state index in [1.807, 2.05) is 29.2 Å². The molecule has 0 saturated carbocycles. The molecule has 2 aromatic heterocycles. The molecule has 0 radical (unpaired) electrons. The molecule has 35 heavy (non-hydrogen) atoms. The standard InChI is InChI=1S/C26H28FN5O2S/c27-19-8-1-2-9-20(19)29-23(33)12-15-32-25(24(30-26(32)35)21-10-3-4-13-28-21)22-11-5-14-31(22)17-18-7-6-16-34-18/h1-5,8-11,13-14,18,24-25H,6-7,12,15-17H2,(H,29,33)(H,30,35)/t18-,24-,25-/m0/s1. The number of thiocarbonyl (C=S) groups is 1. The van der Waals surface area contributed by atoms with Crippen LogP contribution in [0.1, 0.15) is 42.7 Å². The smallest absolute Gasteiger partial charge is 0.226 e. The normalized spacial score (nSPS) is 21.8. The number of nitrogens with zero attached hydrogens (tertiary/aromatic N) is 3. The summed E-state index contributed by atoms with van der Waals surface area (Å²) in [5.41, 5.74) is 2.13. The predicted molar refractivity (Wildman–Crippen MR) is 135 cm³/mol. The van der Waals surface area contributed by atoms with Crippen molar-refractivity contribution in [3.05, 3.63) is 84.2 Å². The lowest BCUT2D eigenvalue weighted by Gasteiger charge is -2.29. The minimum absolute atomic E-state index is 0.157. The van der Waals surface area contributed by atoms with Crippen LogP contribution in [0, 0.1) is 5.82 Å². The summed E-state index contributed by atoms with van der Waals surface area (Å²) in [6.07, 6.45) is 6.31. The van der Waals surface area contributed by atoms with Gasteiger partial charge in [0.2, 0.25) is 5.91 Å². The van der Waals surface area contributed by atoms with Gasteiger partial charge in [-0.1, -0.05) is 18.2 Å². The second-order valence-electron chi connectivity index (χ2n) is 8.82. The molecule has 3 atom stereocenters. The van der Waals surface area contributed by atoms with Gasteiger partial charge >= 0.3 is 0 Å². The average molecular weight is 494 g/mol. The Bertz CT molecular complexity index is 1180. The van der Waals surface area contributed by atoms with Crippen LogP contribution in [0.5, 0.6) is 0 Å². The van der Waals surface area contributed by atoms with Gasteiger partial charge in [0.25, 0.3) is 0 Å². The Morgan fingerprint density at radius 2 is 2.06 bits per heavy atom. The summed E-state index contributed by atoms with van der Waals surface area (Å²) >= 11 is 5.72. The summed E-state index contributed by atoms with van der Waals surface area (Å²) in [6, 6.07) is 15.8. The fraction of sp³-hybridized carbons (Fsp3) is 0.346. The zero-order valence-electron chi connectivity index (χ0n) is 19.3. The van der Waals surface area contributed by atoms with Crippen LogP contribution in [0.25, 0.3) is 0 Å². The first-order valence-electron chi connectivity index (χ1n) is 11.9. The number of ether oxygens (including phenoxy) is 1. The Morgan fingerprint density at radius 3 is 2.83 bits per heavy atom. The van der Waals surface area contributed by atoms with Gasteiger partial charge in [-0.3, -0.25) is 9.78 Å². The molecule has 5 rings (SSSR count). The number of hydrogen-bond donors (Lipinski definition) is 2. The zero-order chi connectivity index (χ0) is 24.2. The van der Waals surface area contributed by atoms with E-state index in [0.717, 1.165) is 37.4 Å². The minimum Gasteiger partial charge on any atom is -0.376 e. The summed E-state index contributed by atoms with van der Waals surface area (Å²) < 4.78 is 22.1. The molecule has 2 aliphatic heterocycles. The van der Waals surface area contributed by atoms with Gasteiger partial charge in [0.15, 0.2) is 5.11 Å². The third-order valence-corrected chi connectivity index (χ3v) is 6.87. The summed E-state index contributed by atoms with van der Waals surface area (Å²) in [4.78, 5) is 19.3. The summed E-state index contributed by atoms with van der Waals surface area (Å²) in [6.45, 7) is 1.95. The number of halogens is 1. The van der Waals surface area contributed by atoms with Crippen molar-refractivity contribution in [2.24, 2.45) is 0 Å². The number of carbonyl (C=O) groups excluding carboxylic acids is 1. The monoisotopic (exact) mass is 493 g/mol. The van der Waals surface area contributed by atoms with Gasteiger partial charge in [-0.15, -0.1) is 0 Å². The fourth-order valence-corrected chi connectivity index (χ4v) is 5.17. The molecule has 0 aliphatic carbocycles. The topological polar surface area (TPSA) is 71.4 Å². The van der Waals surface area contributed by atoms with E-state index >= 15 is 0 Å². The molecule has 1 aromatic carbocycles. The number of aromatic nitrogens is 2. The first kappa shape index (κ1) is 23.4. The van der Waals surface area contributed by atoms with Crippen LogP contribution in [-0.4, -0.2) is 44.7 Å². The van der Waals surface area contributed by atoms with Crippen molar-refractivity contribution in [1.29, 1.82) is 0 Å². The predicted octanol–water partition coefficient (Wildman–Crippen LogP) is 4.20. The van der Waals surface area contributed by atoms with Crippen molar-refractivity contribution < 1.29 is 13.9 Å². The van der Waals surface area contributed by atoms with Gasteiger partial charge in [0, 0.05) is 44.2 Å². The van der Waals surface area contributed by atoms with E-state index in [1.165, 1.54) is 6.07 Å². The van der Waals surface area contributed by atoms with E-state index in [0.29, 0.717) is 11.7 Å². The lowest BCUT2D eigenvalue weighted by atomic mass is 10.0. The second kappa shape index (κ2) is 10.5. The van der Waals surface area contributed by atoms with E-state index in [9.17, 15) is 9.18 Å². The van der Waals surface area contributed by atoms with Crippen LogP contribution in [0.15, 0.2) is 67.0 Å². The molecule has 0 unspecified atom stereocenters. The molecule has 1 amide bonds. The van der Waals surface area contributed by atoms with Crippen LogP contribution >= 0.6 is 12.2 Å². The van der Waals surface area contributed by atoms with Crippen molar-refractivity contribution in [3.63, 3.8) is 0 Å². The number of pyridine rings is 1. The Labute approximate surface area is 209 Å². The van der Waals surface area contributed by atoms with Crippen LogP contribution < -0.4 is 10.6 Å². The number of carbonyl (C=O) groups is 1. The Morgan fingerprint density at radius 1 is 1.20 bits per heavy atom. The molecule has 0 bridgehead atoms. The average Bonchev–Trinajstić information content (AvgIpc) is 3.61. The lowest BCUT2D eigenvalue weighted by Crippen LogP contribution is -2.33. The van der Waals surface area contributed by atoms with Crippen molar-refractivity contribution in [1.82, 2.24) is 19.8 Å². The van der Waals surface area contributed by atoms with Gasteiger partial charge in [-0.25, -0.2) is 4.39 Å². The molecule has 2 aliphatic rings. The van der Waals surface area contributed by atoms with Crippen LogP contribution in [-0.2, 0) is 16.1 Å². The zero-order valence-corrected chi connectivity index (χ0v) is 20.1. The molecule has 9 heteroatoms. The molecule has 7 nitrogen and oxygen atoms in total. The molecular formula is C26H28FN5O2S. The maximum absolute atomic E-state index is 14.0. The third kappa shape index (κ3) is 5.21. The fourth-order valence-electron chi connectivity index (χ4n) is 4.83. The van der Waals surface area contributed by atoms with E-state index in [4.69, 9.17) is 17.0 Å². The van der Waals surface area contributed by atoms with Gasteiger partial charge in [0.1, 0.15) is 5.82 Å². The molecule has 2 fully saturated rings. The van der Waals surface area contributed by atoms with E-state index in [1.54, 1.807) is 24.4 Å². The number of para-hydroxylation sites is 1. The van der Waals surface area contributed by atoms with Gasteiger partial charge < -0.3 is 24.8 Å². The maximum atomic E-state index is 14.0. The third-order valence-electron chi connectivity index (χ3n) is 6.52. The highest BCUT2D eigenvalue weighted by Crippen LogP contribution is 2.39. The summed E-state index contributed by atoms with van der Waals surface area (Å²) in [7, 11) is 0.